The van der Waals surface area contributed by atoms with Gasteiger partial charge in [0.15, 0.2) is 0 Å². The molecule has 1 aliphatic rings. The molecule has 11 nitrogen and oxygen atoms in total. The zero-order valence-electron chi connectivity index (χ0n) is 27.9. The third-order valence-electron chi connectivity index (χ3n) is 8.32. The number of hydrogen-bond donors (Lipinski definition) is 4. The highest BCUT2D eigenvalue weighted by atomic mass is 32.2. The van der Waals surface area contributed by atoms with Gasteiger partial charge in [-0.05, 0) is 60.9 Å². The Labute approximate surface area is 282 Å². The van der Waals surface area contributed by atoms with Crippen molar-refractivity contribution in [3.63, 3.8) is 0 Å². The van der Waals surface area contributed by atoms with Crippen LogP contribution in [0.25, 0.3) is 0 Å². The zero-order chi connectivity index (χ0) is 34.3. The number of hydrogen-bond acceptors (Lipinski definition) is 8. The third-order valence-corrected chi connectivity index (χ3v) is 10.7. The van der Waals surface area contributed by atoms with Crippen LogP contribution in [0.5, 0.6) is 5.75 Å². The average molecular weight is 686 g/mol. The Morgan fingerprint density at radius 2 is 1.87 bits per heavy atom. The molecule has 0 bridgehead atoms. The van der Waals surface area contributed by atoms with Crippen LogP contribution in [0.4, 0.5) is 4.79 Å². The van der Waals surface area contributed by atoms with Crippen molar-refractivity contribution in [1.82, 2.24) is 25.2 Å². The fraction of sp³-hybridized carbons (Fsp3) is 0.500. The van der Waals surface area contributed by atoms with Gasteiger partial charge in [-0.3, -0.25) is 4.79 Å². The van der Waals surface area contributed by atoms with Gasteiger partial charge in [-0.2, -0.15) is 0 Å². The summed E-state index contributed by atoms with van der Waals surface area (Å²) in [6.45, 7) is 10.0. The summed E-state index contributed by atoms with van der Waals surface area (Å²) in [6.07, 6.45) is -0.465. The summed E-state index contributed by atoms with van der Waals surface area (Å²) in [5.41, 5.74) is 2.25. The minimum Gasteiger partial charge on any atom is -0.497 e. The lowest BCUT2D eigenvalue weighted by Gasteiger charge is -2.34. The van der Waals surface area contributed by atoms with Crippen LogP contribution in [0.3, 0.4) is 0 Å². The molecule has 0 spiro atoms. The standard InChI is InChI=1S/C34H47N5O6S2/c1-21(2)14-25-16-27(45-6)12-13-31(25)47(43,44)36-18-30(40)28(15-24-10-8-7-9-11-24)38-33(41)32(22(3)4)29-17-35-34(42)39(29)19-26-20-46-23(5)37-26/h7-13,16,20-22,28-30,32,36,40H,14-15,17-19H2,1-6H3,(H,35,42)(H,38,41)/t28-,29?,30+,32-/m0/s1. The second-order valence-electron chi connectivity index (χ2n) is 12.8. The number of aromatic nitrogens is 1. The number of urea groups is 1. The van der Waals surface area contributed by atoms with Gasteiger partial charge in [0.2, 0.25) is 15.9 Å². The van der Waals surface area contributed by atoms with Crippen LogP contribution in [0.2, 0.25) is 0 Å². The number of nitrogens with zero attached hydrogens (tertiary/aromatic N) is 2. The van der Waals surface area contributed by atoms with E-state index in [2.05, 4.69) is 20.3 Å². The summed E-state index contributed by atoms with van der Waals surface area (Å²) < 4.78 is 35.0. The van der Waals surface area contributed by atoms with Gasteiger partial charge in [0.1, 0.15) is 5.75 Å². The molecule has 4 N–H and O–H groups in total. The van der Waals surface area contributed by atoms with Crippen LogP contribution in [0, 0.1) is 24.7 Å². The summed E-state index contributed by atoms with van der Waals surface area (Å²) in [6, 6.07) is 12.7. The predicted octanol–water partition coefficient (Wildman–Crippen LogP) is 3.89. The molecule has 0 aliphatic carbocycles. The molecule has 1 aliphatic heterocycles. The number of carbonyl (C=O) groups is 2. The number of carbonyl (C=O) groups excluding carboxylic acids is 2. The lowest BCUT2D eigenvalue weighted by Crippen LogP contribution is -2.54. The maximum atomic E-state index is 14.1. The number of ether oxygens (including phenoxy) is 1. The number of benzene rings is 2. The zero-order valence-corrected chi connectivity index (χ0v) is 29.5. The molecule has 1 unspecified atom stereocenters. The molecular formula is C34H47N5O6S2. The molecular weight excluding hydrogens is 639 g/mol. The van der Waals surface area contributed by atoms with Gasteiger partial charge in [0.05, 0.1) is 53.4 Å². The molecule has 0 radical (unpaired) electrons. The van der Waals surface area contributed by atoms with Gasteiger partial charge in [-0.25, -0.2) is 22.9 Å². The largest absolute Gasteiger partial charge is 0.497 e. The van der Waals surface area contributed by atoms with Crippen LogP contribution in [-0.2, 0) is 34.2 Å². The Morgan fingerprint density at radius 3 is 2.49 bits per heavy atom. The minimum absolute atomic E-state index is 0.122. The van der Waals surface area contributed by atoms with Crippen LogP contribution >= 0.6 is 11.3 Å². The van der Waals surface area contributed by atoms with Gasteiger partial charge in [0.25, 0.3) is 0 Å². The second-order valence-corrected chi connectivity index (χ2v) is 15.6. The first-order valence-corrected chi connectivity index (χ1v) is 18.3. The van der Waals surface area contributed by atoms with E-state index in [1.807, 2.05) is 70.3 Å². The van der Waals surface area contributed by atoms with Crippen molar-refractivity contribution in [2.75, 3.05) is 20.2 Å². The first-order valence-electron chi connectivity index (χ1n) is 15.9. The van der Waals surface area contributed by atoms with Crippen molar-refractivity contribution in [3.05, 3.63) is 75.7 Å². The monoisotopic (exact) mass is 685 g/mol. The molecule has 2 aromatic carbocycles. The quantitative estimate of drug-likeness (QED) is 0.179. The Bertz CT molecular complexity index is 1610. The van der Waals surface area contributed by atoms with Gasteiger partial charge in [-0.1, -0.05) is 58.0 Å². The van der Waals surface area contributed by atoms with Gasteiger partial charge >= 0.3 is 6.03 Å². The first kappa shape index (κ1) is 36.3. The number of aliphatic hydroxyl groups is 1. The van der Waals surface area contributed by atoms with E-state index in [1.165, 1.54) is 24.5 Å². The number of methoxy groups -OCH3 is 1. The number of sulfonamides is 1. The van der Waals surface area contributed by atoms with Gasteiger partial charge < -0.3 is 25.4 Å². The van der Waals surface area contributed by atoms with Crippen LogP contribution in [0.15, 0.2) is 58.8 Å². The van der Waals surface area contributed by atoms with E-state index in [0.717, 1.165) is 16.3 Å². The molecule has 4 rings (SSSR count). The molecule has 256 valence electrons. The minimum atomic E-state index is -4.01. The smallest absolute Gasteiger partial charge is 0.318 e. The van der Waals surface area contributed by atoms with E-state index in [4.69, 9.17) is 4.74 Å². The van der Waals surface area contributed by atoms with Crippen molar-refractivity contribution >= 4 is 33.3 Å². The lowest BCUT2D eigenvalue weighted by molar-refractivity contribution is -0.129. The van der Waals surface area contributed by atoms with E-state index < -0.39 is 34.1 Å². The molecule has 13 heteroatoms. The maximum absolute atomic E-state index is 14.1. The topological polar surface area (TPSA) is 150 Å². The van der Waals surface area contributed by atoms with Crippen LogP contribution < -0.4 is 20.1 Å². The molecule has 2 heterocycles. The Morgan fingerprint density at radius 1 is 1.15 bits per heavy atom. The molecule has 3 amide bonds. The van der Waals surface area contributed by atoms with E-state index in [0.29, 0.717) is 24.3 Å². The average Bonchev–Trinajstić information content (AvgIpc) is 3.60. The Kier molecular flexibility index (Phi) is 12.4. The van der Waals surface area contributed by atoms with Crippen molar-refractivity contribution in [3.8, 4) is 5.75 Å². The molecule has 47 heavy (non-hydrogen) atoms. The molecule has 4 atom stereocenters. The van der Waals surface area contributed by atoms with Gasteiger partial charge in [0, 0.05) is 18.5 Å². The number of aliphatic hydroxyl groups excluding tert-OH is 1. The van der Waals surface area contributed by atoms with E-state index >= 15 is 0 Å². The van der Waals surface area contributed by atoms with E-state index in [9.17, 15) is 23.1 Å². The number of nitrogens with one attached hydrogen (secondary N) is 3. The number of thiazole rings is 1. The van der Waals surface area contributed by atoms with Crippen LogP contribution in [-0.4, -0.2) is 73.7 Å². The highest BCUT2D eigenvalue weighted by Gasteiger charge is 2.42. The summed E-state index contributed by atoms with van der Waals surface area (Å²) in [7, 11) is -2.48. The normalized spacial score (nSPS) is 17.1. The summed E-state index contributed by atoms with van der Waals surface area (Å²) in [5.74, 6) is -0.306. The highest BCUT2D eigenvalue weighted by molar-refractivity contribution is 7.89. The Balaban J connectivity index is 1.55. The Hall–Kier alpha value is -3.52. The van der Waals surface area contributed by atoms with E-state index in [1.54, 1.807) is 17.0 Å². The number of rotatable bonds is 16. The molecule has 0 saturated carbocycles. The first-order chi connectivity index (χ1) is 22.3. The second kappa shape index (κ2) is 16.1. The summed E-state index contributed by atoms with van der Waals surface area (Å²) in [4.78, 5) is 33.2. The number of amides is 3. The lowest BCUT2D eigenvalue weighted by atomic mass is 9.86. The van der Waals surface area contributed by atoms with Crippen molar-refractivity contribution < 1.29 is 27.9 Å². The van der Waals surface area contributed by atoms with Crippen molar-refractivity contribution in [2.45, 2.75) is 77.1 Å². The summed E-state index contributed by atoms with van der Waals surface area (Å²) in [5, 5.41) is 20.2. The predicted molar refractivity (Wildman–Crippen MR) is 183 cm³/mol. The van der Waals surface area contributed by atoms with Crippen molar-refractivity contribution in [2.24, 2.45) is 17.8 Å². The fourth-order valence-corrected chi connectivity index (χ4v) is 7.92. The van der Waals surface area contributed by atoms with E-state index in [-0.39, 0.29) is 48.2 Å². The van der Waals surface area contributed by atoms with Gasteiger partial charge in [-0.15, -0.1) is 11.3 Å². The maximum Gasteiger partial charge on any atom is 0.318 e. The van der Waals surface area contributed by atoms with Crippen molar-refractivity contribution in [1.29, 1.82) is 0 Å². The number of aryl methyl sites for hydroxylation is 1. The third kappa shape index (κ3) is 9.53. The molecule has 3 aromatic rings. The molecule has 1 aromatic heterocycles. The highest BCUT2D eigenvalue weighted by Crippen LogP contribution is 2.27. The fourth-order valence-electron chi connectivity index (χ4n) is 6.03. The summed E-state index contributed by atoms with van der Waals surface area (Å²) >= 11 is 1.50. The molecule has 1 saturated heterocycles. The molecule has 1 fully saturated rings. The van der Waals surface area contributed by atoms with Crippen LogP contribution in [0.1, 0.15) is 49.5 Å². The SMILES string of the molecule is COc1ccc(S(=O)(=O)NC[C@@H](O)[C@H](Cc2ccccc2)NC(=O)[C@@H](C(C)C)C2CNC(=O)N2Cc2csc(C)n2)c(CC(C)C)c1.